The maximum atomic E-state index is 13.0. The van der Waals surface area contributed by atoms with E-state index in [0.29, 0.717) is 6.42 Å². The van der Waals surface area contributed by atoms with E-state index >= 15 is 0 Å². The van der Waals surface area contributed by atoms with E-state index in [4.69, 9.17) is 0 Å². The Hall–Kier alpha value is -3.02. The Bertz CT molecular complexity index is 968. The summed E-state index contributed by atoms with van der Waals surface area (Å²) in [4.78, 5) is 4.51. The van der Waals surface area contributed by atoms with Crippen LogP contribution in [0, 0.1) is 5.82 Å². The molecule has 114 valence electrons. The Balaban J connectivity index is 1.77. The van der Waals surface area contributed by atoms with Crippen LogP contribution in [-0.2, 0) is 13.5 Å². The first-order valence-electron chi connectivity index (χ1n) is 7.26. The van der Waals surface area contributed by atoms with E-state index in [1.165, 1.54) is 12.1 Å². The Morgan fingerprint density at radius 1 is 1.04 bits per heavy atom. The van der Waals surface area contributed by atoms with Crippen LogP contribution in [-0.4, -0.2) is 24.4 Å². The Morgan fingerprint density at radius 2 is 1.87 bits per heavy atom. The molecule has 3 aromatic heterocycles. The second-order valence-electron chi connectivity index (χ2n) is 5.44. The van der Waals surface area contributed by atoms with Crippen molar-refractivity contribution in [3.8, 4) is 11.3 Å². The zero-order chi connectivity index (χ0) is 15.8. The summed E-state index contributed by atoms with van der Waals surface area (Å²) in [5.74, 6) is -0.228. The zero-order valence-electron chi connectivity index (χ0n) is 12.5. The number of halogens is 1. The van der Waals surface area contributed by atoms with Crippen LogP contribution in [0.25, 0.3) is 16.9 Å². The van der Waals surface area contributed by atoms with Crippen molar-refractivity contribution >= 4 is 5.65 Å². The molecule has 3 heterocycles. The molecule has 0 unspecified atom stereocenters. The van der Waals surface area contributed by atoms with Crippen LogP contribution in [0.2, 0.25) is 0 Å². The van der Waals surface area contributed by atoms with Gasteiger partial charge in [-0.1, -0.05) is 12.1 Å². The largest absolute Gasteiger partial charge is 0.275 e. The van der Waals surface area contributed by atoms with Crippen LogP contribution in [0.5, 0.6) is 0 Å². The summed E-state index contributed by atoms with van der Waals surface area (Å²) < 4.78 is 16.6. The Kier molecular flexibility index (Phi) is 3.15. The van der Waals surface area contributed by atoms with Crippen molar-refractivity contribution in [3.05, 3.63) is 72.1 Å². The number of hydrogen-bond donors (Lipinski definition) is 0. The number of rotatable bonds is 3. The maximum absolute atomic E-state index is 13.0. The number of imidazole rings is 1. The molecule has 0 bridgehead atoms. The molecule has 4 aromatic rings. The SMILES string of the molecule is Cn1cc(-c2cnc3c(Cc4ccc(F)cc4)ccnn23)cn1. The highest BCUT2D eigenvalue weighted by Gasteiger charge is 2.12. The van der Waals surface area contributed by atoms with Crippen molar-refractivity contribution in [2.24, 2.45) is 7.05 Å². The van der Waals surface area contributed by atoms with Gasteiger partial charge in [0.2, 0.25) is 0 Å². The van der Waals surface area contributed by atoms with Crippen molar-refractivity contribution in [2.75, 3.05) is 0 Å². The third-order valence-corrected chi connectivity index (χ3v) is 3.79. The third kappa shape index (κ3) is 2.48. The van der Waals surface area contributed by atoms with Crippen molar-refractivity contribution in [3.63, 3.8) is 0 Å². The number of fused-ring (bicyclic) bond motifs is 1. The smallest absolute Gasteiger partial charge is 0.157 e. The molecule has 4 rings (SSSR count). The van der Waals surface area contributed by atoms with E-state index in [1.54, 1.807) is 35.4 Å². The van der Waals surface area contributed by atoms with Gasteiger partial charge >= 0.3 is 0 Å². The molecule has 0 radical (unpaired) electrons. The van der Waals surface area contributed by atoms with Crippen LogP contribution >= 0.6 is 0 Å². The molecular formula is C17H14FN5. The predicted octanol–water partition coefficient (Wildman–Crippen LogP) is 2.86. The maximum Gasteiger partial charge on any atom is 0.157 e. The summed E-state index contributed by atoms with van der Waals surface area (Å²) in [6.45, 7) is 0. The van der Waals surface area contributed by atoms with Crippen molar-refractivity contribution in [1.29, 1.82) is 0 Å². The van der Waals surface area contributed by atoms with Gasteiger partial charge in [-0.2, -0.15) is 10.2 Å². The number of nitrogens with zero attached hydrogens (tertiary/aromatic N) is 5. The quantitative estimate of drug-likeness (QED) is 0.585. The van der Waals surface area contributed by atoms with E-state index in [2.05, 4.69) is 15.2 Å². The van der Waals surface area contributed by atoms with Gasteiger partial charge in [0, 0.05) is 37.0 Å². The fraction of sp³-hybridized carbons (Fsp3) is 0.118. The Morgan fingerprint density at radius 3 is 2.61 bits per heavy atom. The molecule has 0 aliphatic heterocycles. The van der Waals surface area contributed by atoms with Crippen LogP contribution in [0.3, 0.4) is 0 Å². The molecule has 0 aliphatic rings. The van der Waals surface area contributed by atoms with E-state index in [1.807, 2.05) is 23.8 Å². The summed E-state index contributed by atoms with van der Waals surface area (Å²) in [5, 5.41) is 8.59. The van der Waals surface area contributed by atoms with Crippen LogP contribution in [0.15, 0.2) is 55.1 Å². The summed E-state index contributed by atoms with van der Waals surface area (Å²) in [7, 11) is 1.88. The highest BCUT2D eigenvalue weighted by Crippen LogP contribution is 2.22. The van der Waals surface area contributed by atoms with Gasteiger partial charge in [0.1, 0.15) is 5.82 Å². The zero-order valence-corrected chi connectivity index (χ0v) is 12.5. The first kappa shape index (κ1) is 13.6. The monoisotopic (exact) mass is 307 g/mol. The molecule has 0 atom stereocenters. The van der Waals surface area contributed by atoms with Gasteiger partial charge in [-0.3, -0.25) is 4.68 Å². The van der Waals surface area contributed by atoms with E-state index in [-0.39, 0.29) is 5.82 Å². The molecular weight excluding hydrogens is 293 g/mol. The first-order valence-corrected chi connectivity index (χ1v) is 7.26. The average Bonchev–Trinajstić information content (AvgIpc) is 3.16. The summed E-state index contributed by atoms with van der Waals surface area (Å²) in [6, 6.07) is 8.47. The number of aryl methyl sites for hydroxylation is 1. The molecule has 5 nitrogen and oxygen atoms in total. The normalized spacial score (nSPS) is 11.2. The molecule has 23 heavy (non-hydrogen) atoms. The van der Waals surface area contributed by atoms with E-state index in [0.717, 1.165) is 28.0 Å². The van der Waals surface area contributed by atoms with Gasteiger partial charge in [0.05, 0.1) is 18.1 Å². The lowest BCUT2D eigenvalue weighted by atomic mass is 10.1. The van der Waals surface area contributed by atoms with Gasteiger partial charge < -0.3 is 0 Å². The molecule has 6 heteroatoms. The minimum atomic E-state index is -0.228. The van der Waals surface area contributed by atoms with Crippen molar-refractivity contribution in [2.45, 2.75) is 6.42 Å². The standard InChI is InChI=1S/C17H14FN5/c1-22-11-14(9-21-22)16-10-19-17-13(6-7-20-23(16)17)8-12-2-4-15(18)5-3-12/h2-7,9-11H,8H2,1H3. The molecule has 0 saturated carbocycles. The summed E-state index contributed by atoms with van der Waals surface area (Å²) in [5.41, 5.74) is 4.74. The van der Waals surface area contributed by atoms with E-state index in [9.17, 15) is 4.39 Å². The molecule has 0 fully saturated rings. The average molecular weight is 307 g/mol. The highest BCUT2D eigenvalue weighted by atomic mass is 19.1. The number of hydrogen-bond acceptors (Lipinski definition) is 3. The molecule has 0 saturated heterocycles. The second kappa shape index (κ2) is 5.31. The lowest BCUT2D eigenvalue weighted by Gasteiger charge is -2.04. The molecule has 0 aliphatic carbocycles. The van der Waals surface area contributed by atoms with Crippen LogP contribution < -0.4 is 0 Å². The van der Waals surface area contributed by atoms with Gasteiger partial charge in [-0.25, -0.2) is 13.9 Å². The minimum absolute atomic E-state index is 0.228. The third-order valence-electron chi connectivity index (χ3n) is 3.79. The van der Waals surface area contributed by atoms with Gasteiger partial charge in [0.25, 0.3) is 0 Å². The summed E-state index contributed by atoms with van der Waals surface area (Å²) >= 11 is 0. The molecule has 0 N–H and O–H groups in total. The lowest BCUT2D eigenvalue weighted by molar-refractivity contribution is 0.627. The van der Waals surface area contributed by atoms with Gasteiger partial charge in [0.15, 0.2) is 5.65 Å². The van der Waals surface area contributed by atoms with Gasteiger partial charge in [-0.05, 0) is 23.8 Å². The number of benzene rings is 1. The topological polar surface area (TPSA) is 48.0 Å². The lowest BCUT2D eigenvalue weighted by Crippen LogP contribution is -1.98. The van der Waals surface area contributed by atoms with Crippen molar-refractivity contribution in [1.82, 2.24) is 24.4 Å². The van der Waals surface area contributed by atoms with Gasteiger partial charge in [-0.15, -0.1) is 0 Å². The number of aromatic nitrogens is 5. The second-order valence-corrected chi connectivity index (χ2v) is 5.44. The molecule has 0 spiro atoms. The first-order chi connectivity index (χ1) is 11.2. The predicted molar refractivity (Wildman–Crippen MR) is 84.4 cm³/mol. The van der Waals surface area contributed by atoms with E-state index < -0.39 is 0 Å². The fourth-order valence-corrected chi connectivity index (χ4v) is 2.66. The summed E-state index contributed by atoms with van der Waals surface area (Å²) in [6.07, 6.45) is 7.95. The van der Waals surface area contributed by atoms with Crippen molar-refractivity contribution < 1.29 is 4.39 Å². The minimum Gasteiger partial charge on any atom is -0.275 e. The Labute approximate surface area is 132 Å². The van der Waals surface area contributed by atoms with Crippen LogP contribution in [0.1, 0.15) is 11.1 Å². The highest BCUT2D eigenvalue weighted by molar-refractivity contribution is 5.63. The fourth-order valence-electron chi connectivity index (χ4n) is 2.66. The van der Waals surface area contributed by atoms with Crippen LogP contribution in [0.4, 0.5) is 4.39 Å². The molecule has 0 amide bonds. The molecule has 1 aromatic carbocycles.